The minimum Gasteiger partial charge on any atom is -0.381 e. The van der Waals surface area contributed by atoms with Crippen LogP contribution in [0.1, 0.15) is 0 Å². The van der Waals surface area contributed by atoms with Gasteiger partial charge in [0.15, 0.2) is 0 Å². The Labute approximate surface area is 228 Å². The van der Waals surface area contributed by atoms with E-state index in [1.165, 1.54) is 33.6 Å². The Morgan fingerprint density at radius 2 is 1.03 bits per heavy atom. The van der Waals surface area contributed by atoms with Gasteiger partial charge in [-0.15, -0.1) is 23.3 Å². The number of fused-ring (bicyclic) bond motifs is 11. The molecule has 2 aromatic heterocycles. The number of rotatable bonds is 2. The molecular formula is C30H18BN5Pd. The molecular weight excluding hydrogens is 548 g/mol. The van der Waals surface area contributed by atoms with Gasteiger partial charge in [0.2, 0.25) is 0 Å². The fourth-order valence-electron chi connectivity index (χ4n) is 5.62. The summed E-state index contributed by atoms with van der Waals surface area (Å²) in [5, 5.41) is 8.93. The average molecular weight is 566 g/mol. The third kappa shape index (κ3) is 3.22. The van der Waals surface area contributed by atoms with Crippen LogP contribution in [0.3, 0.4) is 0 Å². The normalized spacial score (nSPS) is 12.5. The van der Waals surface area contributed by atoms with E-state index in [1.54, 1.807) is 12.4 Å². The maximum Gasteiger partial charge on any atom is 2.00 e. The standard InChI is InChI=1S/C30H18BN5.Pd/c1-3-9-29-25(7-1)23-13-11-21(34-17-5-15-32-34)19-27(23)31-28-20-22(35-18-6-16-33-35)12-14-24(28)26-8-2-4-10-30(26)36(29)31;/h1-18H;/q-2;+2. The molecule has 0 aliphatic carbocycles. The zero-order valence-corrected chi connectivity index (χ0v) is 21.1. The Kier molecular flexibility index (Phi) is 5.04. The van der Waals surface area contributed by atoms with Crippen LogP contribution < -0.4 is 15.7 Å². The van der Waals surface area contributed by atoms with Crippen molar-refractivity contribution in [3.05, 3.63) is 122 Å². The maximum absolute atomic E-state index is 4.46. The number of anilines is 2. The van der Waals surface area contributed by atoms with Crippen LogP contribution in [0.2, 0.25) is 0 Å². The second kappa shape index (κ2) is 8.45. The van der Waals surface area contributed by atoms with E-state index in [1.807, 2.05) is 33.9 Å². The molecule has 0 amide bonds. The molecule has 0 saturated heterocycles. The predicted molar refractivity (Wildman–Crippen MR) is 143 cm³/mol. The fraction of sp³-hybridized carbons (Fsp3) is 0. The van der Waals surface area contributed by atoms with Gasteiger partial charge in [0.05, 0.1) is 0 Å². The first-order valence-electron chi connectivity index (χ1n) is 12.0. The predicted octanol–water partition coefficient (Wildman–Crippen LogP) is 4.56. The molecule has 2 aliphatic rings. The molecule has 0 N–H and O–H groups in total. The van der Waals surface area contributed by atoms with Gasteiger partial charge >= 0.3 is 20.4 Å². The maximum atomic E-state index is 4.46. The molecule has 2 aliphatic heterocycles. The van der Waals surface area contributed by atoms with Gasteiger partial charge < -0.3 is 4.81 Å². The molecule has 0 fully saturated rings. The van der Waals surface area contributed by atoms with Gasteiger partial charge in [-0.05, 0) is 35.6 Å². The topological polar surface area (TPSA) is 38.9 Å². The number of para-hydroxylation sites is 2. The van der Waals surface area contributed by atoms with Crippen LogP contribution in [0.15, 0.2) is 110 Å². The monoisotopic (exact) mass is 565 g/mol. The molecule has 4 aromatic carbocycles. The first-order chi connectivity index (χ1) is 17.9. The van der Waals surface area contributed by atoms with Crippen molar-refractivity contribution in [3.8, 4) is 33.6 Å². The summed E-state index contributed by atoms with van der Waals surface area (Å²) in [5.74, 6) is 0. The number of benzene rings is 4. The zero-order chi connectivity index (χ0) is 23.6. The van der Waals surface area contributed by atoms with E-state index in [4.69, 9.17) is 0 Å². The van der Waals surface area contributed by atoms with Crippen molar-refractivity contribution < 1.29 is 20.4 Å². The first kappa shape index (κ1) is 22.1. The largest absolute Gasteiger partial charge is 2.00 e. The van der Waals surface area contributed by atoms with Gasteiger partial charge in [-0.1, -0.05) is 47.5 Å². The Bertz CT molecular complexity index is 1630. The van der Waals surface area contributed by atoms with Crippen LogP contribution >= 0.6 is 0 Å². The van der Waals surface area contributed by atoms with Crippen LogP contribution in [-0.2, 0) is 20.4 Å². The Morgan fingerprint density at radius 1 is 0.541 bits per heavy atom. The summed E-state index contributed by atoms with van der Waals surface area (Å²) in [6, 6.07) is 37.3. The van der Waals surface area contributed by atoms with Gasteiger partial charge in [-0.2, -0.15) is 45.4 Å². The SMILES string of the molecule is [Pd+2].[c-]1c(-n2cccn2)ccc2c1B1c3[c-]c(-n4cccn4)ccc3-c3ccccc3N1c1ccccc1-2. The summed E-state index contributed by atoms with van der Waals surface area (Å²) >= 11 is 0. The Balaban J connectivity index is 0.00000231. The quantitative estimate of drug-likeness (QED) is 0.228. The minimum atomic E-state index is -0.0918. The van der Waals surface area contributed by atoms with E-state index in [-0.39, 0.29) is 27.3 Å². The molecule has 0 atom stereocenters. The Hall–Kier alpha value is -4.17. The summed E-state index contributed by atoms with van der Waals surface area (Å²) in [6.45, 7) is -0.0918. The summed E-state index contributed by atoms with van der Waals surface area (Å²) < 4.78 is 3.74. The summed E-state index contributed by atoms with van der Waals surface area (Å²) in [4.78, 5) is 2.45. The van der Waals surface area contributed by atoms with Crippen molar-refractivity contribution in [2.24, 2.45) is 0 Å². The minimum absolute atomic E-state index is 0. The second-order valence-corrected chi connectivity index (χ2v) is 9.05. The molecule has 0 unspecified atom stereocenters. The van der Waals surface area contributed by atoms with Gasteiger partial charge in [-0.25, -0.2) is 0 Å². The van der Waals surface area contributed by atoms with E-state index in [0.29, 0.717) is 0 Å². The number of aromatic nitrogens is 4. The van der Waals surface area contributed by atoms with Crippen molar-refractivity contribution in [2.45, 2.75) is 0 Å². The van der Waals surface area contributed by atoms with Crippen LogP contribution in [0, 0.1) is 12.1 Å². The number of hydrogen-bond donors (Lipinski definition) is 0. The van der Waals surface area contributed by atoms with Crippen molar-refractivity contribution in [2.75, 3.05) is 4.81 Å². The molecule has 7 heteroatoms. The van der Waals surface area contributed by atoms with Gasteiger partial charge in [0, 0.05) is 36.2 Å². The third-order valence-corrected chi connectivity index (χ3v) is 7.14. The van der Waals surface area contributed by atoms with Crippen molar-refractivity contribution in [1.29, 1.82) is 0 Å². The Morgan fingerprint density at radius 3 is 1.49 bits per heavy atom. The van der Waals surface area contributed by atoms with E-state index < -0.39 is 0 Å². The van der Waals surface area contributed by atoms with Crippen LogP contribution in [0.5, 0.6) is 0 Å². The van der Waals surface area contributed by atoms with E-state index in [0.717, 1.165) is 22.3 Å². The zero-order valence-electron chi connectivity index (χ0n) is 19.5. The summed E-state index contributed by atoms with van der Waals surface area (Å²) in [5.41, 5.74) is 11.2. The van der Waals surface area contributed by atoms with Gasteiger partial charge in [0.25, 0.3) is 6.85 Å². The molecule has 6 aromatic rings. The van der Waals surface area contributed by atoms with Crippen LogP contribution in [0.4, 0.5) is 11.4 Å². The smallest absolute Gasteiger partial charge is 0.381 e. The third-order valence-electron chi connectivity index (χ3n) is 7.14. The first-order valence-corrected chi connectivity index (χ1v) is 12.0. The molecule has 4 heterocycles. The molecule has 0 bridgehead atoms. The fourth-order valence-corrected chi connectivity index (χ4v) is 5.62. The average Bonchev–Trinajstić information content (AvgIpc) is 3.67. The van der Waals surface area contributed by atoms with Crippen LogP contribution in [-0.4, -0.2) is 26.4 Å². The molecule has 176 valence electrons. The van der Waals surface area contributed by atoms with Crippen molar-refractivity contribution >= 4 is 29.1 Å². The number of hydrogen-bond acceptors (Lipinski definition) is 3. The second-order valence-electron chi connectivity index (χ2n) is 9.05. The van der Waals surface area contributed by atoms with Crippen molar-refractivity contribution in [1.82, 2.24) is 19.6 Å². The van der Waals surface area contributed by atoms with Gasteiger partial charge in [0.1, 0.15) is 0 Å². The molecule has 37 heavy (non-hydrogen) atoms. The molecule has 0 saturated carbocycles. The van der Waals surface area contributed by atoms with E-state index in [9.17, 15) is 0 Å². The molecule has 5 nitrogen and oxygen atoms in total. The van der Waals surface area contributed by atoms with Crippen LogP contribution in [0.25, 0.3) is 33.6 Å². The molecule has 8 rings (SSSR count). The molecule has 0 spiro atoms. The summed E-state index contributed by atoms with van der Waals surface area (Å²) in [7, 11) is 0. The van der Waals surface area contributed by atoms with E-state index in [2.05, 4.69) is 99.9 Å². The van der Waals surface area contributed by atoms with E-state index >= 15 is 0 Å². The number of nitrogens with zero attached hydrogens (tertiary/aromatic N) is 5. The molecule has 0 radical (unpaired) electrons. The van der Waals surface area contributed by atoms with Crippen molar-refractivity contribution in [3.63, 3.8) is 0 Å². The van der Waals surface area contributed by atoms with Gasteiger partial charge in [-0.3, -0.25) is 9.36 Å². The summed E-state index contributed by atoms with van der Waals surface area (Å²) in [6.07, 6.45) is 7.51.